The molecule has 0 spiro atoms. The van der Waals surface area contributed by atoms with Crippen LogP contribution in [0.2, 0.25) is 5.22 Å². The zero-order chi connectivity index (χ0) is 20.2. The van der Waals surface area contributed by atoms with Crippen LogP contribution in [0.4, 0.5) is 5.82 Å². The SMILES string of the molecule is COCc1ccc(C2CC(Cc3ccc(Cc4ccc(Cl)o4)cc3)=NO2)c(N)n1. The van der Waals surface area contributed by atoms with Crippen LogP contribution >= 0.6 is 11.6 Å². The van der Waals surface area contributed by atoms with E-state index < -0.39 is 0 Å². The van der Waals surface area contributed by atoms with Crippen LogP contribution in [-0.2, 0) is 29.0 Å². The number of ether oxygens (including phenoxy) is 1. The fourth-order valence-corrected chi connectivity index (χ4v) is 3.55. The first-order chi connectivity index (χ1) is 14.1. The molecule has 1 atom stereocenters. The molecule has 1 aliphatic rings. The summed E-state index contributed by atoms with van der Waals surface area (Å²) in [4.78, 5) is 9.99. The van der Waals surface area contributed by atoms with Gasteiger partial charge in [0, 0.05) is 31.9 Å². The van der Waals surface area contributed by atoms with Gasteiger partial charge in [-0.3, -0.25) is 0 Å². The van der Waals surface area contributed by atoms with Crippen LogP contribution < -0.4 is 5.73 Å². The van der Waals surface area contributed by atoms with E-state index in [-0.39, 0.29) is 6.10 Å². The van der Waals surface area contributed by atoms with Crippen molar-refractivity contribution in [2.75, 3.05) is 12.8 Å². The number of furan rings is 1. The maximum absolute atomic E-state index is 6.10. The Balaban J connectivity index is 1.35. The summed E-state index contributed by atoms with van der Waals surface area (Å²) < 4.78 is 10.5. The Morgan fingerprint density at radius 2 is 1.83 bits per heavy atom. The minimum absolute atomic E-state index is 0.197. The van der Waals surface area contributed by atoms with Crippen molar-refractivity contribution in [3.8, 4) is 0 Å². The molecule has 7 heteroatoms. The monoisotopic (exact) mass is 411 g/mol. The van der Waals surface area contributed by atoms with Gasteiger partial charge in [-0.25, -0.2) is 4.98 Å². The summed E-state index contributed by atoms with van der Waals surface area (Å²) in [6.07, 6.45) is 1.95. The predicted molar refractivity (Wildman–Crippen MR) is 112 cm³/mol. The smallest absolute Gasteiger partial charge is 0.193 e. The minimum Gasteiger partial charge on any atom is -0.449 e. The van der Waals surface area contributed by atoms with E-state index in [1.165, 1.54) is 5.56 Å². The second-order valence-electron chi connectivity index (χ2n) is 7.04. The molecule has 29 heavy (non-hydrogen) atoms. The maximum Gasteiger partial charge on any atom is 0.193 e. The predicted octanol–water partition coefficient (Wildman–Crippen LogP) is 4.71. The number of benzene rings is 1. The molecule has 150 valence electrons. The summed E-state index contributed by atoms with van der Waals surface area (Å²) in [5, 5.41) is 4.67. The number of hydrogen-bond donors (Lipinski definition) is 1. The van der Waals surface area contributed by atoms with E-state index in [4.69, 9.17) is 31.3 Å². The zero-order valence-electron chi connectivity index (χ0n) is 16.1. The summed E-state index contributed by atoms with van der Waals surface area (Å²) in [5.41, 5.74) is 11.1. The minimum atomic E-state index is -0.197. The number of anilines is 1. The Hall–Kier alpha value is -2.83. The van der Waals surface area contributed by atoms with Crippen molar-refractivity contribution in [2.24, 2.45) is 5.16 Å². The van der Waals surface area contributed by atoms with Crippen molar-refractivity contribution < 1.29 is 14.0 Å². The van der Waals surface area contributed by atoms with Gasteiger partial charge in [0.25, 0.3) is 0 Å². The van der Waals surface area contributed by atoms with Crippen LogP contribution in [0.25, 0.3) is 0 Å². The third-order valence-electron chi connectivity index (χ3n) is 4.82. The van der Waals surface area contributed by atoms with E-state index in [1.54, 1.807) is 13.2 Å². The normalized spacial score (nSPS) is 15.9. The molecule has 1 unspecified atom stereocenters. The number of nitrogens with zero attached hydrogens (tertiary/aromatic N) is 2. The van der Waals surface area contributed by atoms with E-state index in [2.05, 4.69) is 34.4 Å². The molecule has 2 aromatic heterocycles. The quantitative estimate of drug-likeness (QED) is 0.608. The fourth-order valence-electron chi connectivity index (χ4n) is 3.38. The number of nitrogens with two attached hydrogens (primary N) is 1. The van der Waals surface area contributed by atoms with Gasteiger partial charge in [-0.2, -0.15) is 0 Å². The molecule has 0 saturated heterocycles. The van der Waals surface area contributed by atoms with Gasteiger partial charge >= 0.3 is 0 Å². The molecule has 0 amide bonds. The van der Waals surface area contributed by atoms with Gasteiger partial charge in [-0.15, -0.1) is 0 Å². The lowest BCUT2D eigenvalue weighted by molar-refractivity contribution is 0.0859. The number of hydrogen-bond acceptors (Lipinski definition) is 6. The molecular formula is C22H22ClN3O3. The lowest BCUT2D eigenvalue weighted by Crippen LogP contribution is -2.08. The molecule has 0 bridgehead atoms. The zero-order valence-corrected chi connectivity index (χ0v) is 16.9. The van der Waals surface area contributed by atoms with Crippen LogP contribution in [-0.4, -0.2) is 17.8 Å². The first kappa shape index (κ1) is 19.5. The summed E-state index contributed by atoms with van der Waals surface area (Å²) in [7, 11) is 1.63. The van der Waals surface area contributed by atoms with Crippen molar-refractivity contribution in [1.29, 1.82) is 0 Å². The molecule has 1 aliphatic heterocycles. The third-order valence-corrected chi connectivity index (χ3v) is 5.03. The van der Waals surface area contributed by atoms with Crippen LogP contribution in [0, 0.1) is 0 Å². The number of halogens is 1. The van der Waals surface area contributed by atoms with Gasteiger partial charge in [0.15, 0.2) is 11.3 Å². The van der Waals surface area contributed by atoms with Crippen molar-refractivity contribution in [2.45, 2.75) is 32.0 Å². The highest BCUT2D eigenvalue weighted by Crippen LogP contribution is 2.31. The van der Waals surface area contributed by atoms with Gasteiger partial charge in [0.2, 0.25) is 0 Å². The second-order valence-corrected chi connectivity index (χ2v) is 7.41. The van der Waals surface area contributed by atoms with E-state index >= 15 is 0 Å². The molecule has 0 radical (unpaired) electrons. The van der Waals surface area contributed by atoms with E-state index in [9.17, 15) is 0 Å². The van der Waals surface area contributed by atoms with Gasteiger partial charge in [0.05, 0.1) is 18.0 Å². The van der Waals surface area contributed by atoms with E-state index in [0.29, 0.717) is 30.5 Å². The Kier molecular flexibility index (Phi) is 5.83. The lowest BCUT2D eigenvalue weighted by atomic mass is 9.99. The summed E-state index contributed by atoms with van der Waals surface area (Å²) in [6.45, 7) is 0.431. The van der Waals surface area contributed by atoms with Crippen LogP contribution in [0.15, 0.2) is 58.1 Å². The Morgan fingerprint density at radius 3 is 2.48 bits per heavy atom. The molecule has 3 aromatic rings. The summed E-state index contributed by atoms with van der Waals surface area (Å²) >= 11 is 5.83. The molecule has 0 fully saturated rings. The fraction of sp³-hybridized carbons (Fsp3) is 0.273. The van der Waals surface area contributed by atoms with Crippen LogP contribution in [0.5, 0.6) is 0 Å². The van der Waals surface area contributed by atoms with Gasteiger partial charge in [-0.1, -0.05) is 29.4 Å². The average Bonchev–Trinajstić information content (AvgIpc) is 3.33. The number of nitrogen functional groups attached to an aromatic ring is 1. The number of pyridine rings is 1. The van der Waals surface area contributed by atoms with Crippen molar-refractivity contribution in [3.05, 3.63) is 81.9 Å². The topological polar surface area (TPSA) is 82.9 Å². The third kappa shape index (κ3) is 4.78. The largest absolute Gasteiger partial charge is 0.449 e. The highest BCUT2D eigenvalue weighted by Gasteiger charge is 2.25. The summed E-state index contributed by atoms with van der Waals surface area (Å²) in [6, 6.07) is 15.9. The van der Waals surface area contributed by atoms with E-state index in [1.807, 2.05) is 18.2 Å². The van der Waals surface area contributed by atoms with Crippen molar-refractivity contribution in [3.63, 3.8) is 0 Å². The summed E-state index contributed by atoms with van der Waals surface area (Å²) in [5.74, 6) is 1.31. The van der Waals surface area contributed by atoms with Gasteiger partial charge < -0.3 is 19.7 Å². The van der Waals surface area contributed by atoms with Gasteiger partial charge in [-0.05, 0) is 47.0 Å². The highest BCUT2D eigenvalue weighted by atomic mass is 35.5. The molecule has 4 rings (SSSR count). The molecule has 0 saturated carbocycles. The molecular weight excluding hydrogens is 390 g/mol. The Morgan fingerprint density at radius 1 is 1.07 bits per heavy atom. The molecule has 2 N–H and O–H groups in total. The maximum atomic E-state index is 6.10. The Labute approximate surface area is 174 Å². The Bertz CT molecular complexity index is 1010. The van der Waals surface area contributed by atoms with Crippen LogP contribution in [0.1, 0.15) is 40.7 Å². The number of aromatic nitrogens is 1. The molecule has 6 nitrogen and oxygen atoms in total. The van der Waals surface area contributed by atoms with Crippen LogP contribution in [0.3, 0.4) is 0 Å². The standard InChI is InChI=1S/C22H22ClN3O3/c1-27-13-16-6-8-19(22(24)25-16)20-12-17(26-29-20)10-14-2-4-15(5-3-14)11-18-7-9-21(23)28-18/h2-9,20H,10-13H2,1H3,(H2,24,25). The molecule has 3 heterocycles. The van der Waals surface area contributed by atoms with E-state index in [0.717, 1.165) is 34.7 Å². The molecule has 1 aromatic carbocycles. The number of methoxy groups -OCH3 is 1. The number of oxime groups is 1. The van der Waals surface area contributed by atoms with Crippen molar-refractivity contribution >= 4 is 23.1 Å². The first-order valence-electron chi connectivity index (χ1n) is 9.38. The molecule has 0 aliphatic carbocycles. The van der Waals surface area contributed by atoms with Gasteiger partial charge in [0.1, 0.15) is 11.6 Å². The first-order valence-corrected chi connectivity index (χ1v) is 9.76. The highest BCUT2D eigenvalue weighted by molar-refractivity contribution is 6.28. The average molecular weight is 412 g/mol. The number of rotatable bonds is 7. The second kappa shape index (κ2) is 8.68. The van der Waals surface area contributed by atoms with Crippen molar-refractivity contribution in [1.82, 2.24) is 4.98 Å². The lowest BCUT2D eigenvalue weighted by Gasteiger charge is -2.12.